The highest BCUT2D eigenvalue weighted by molar-refractivity contribution is 5.85. The van der Waals surface area contributed by atoms with E-state index < -0.39 is 0 Å². The van der Waals surface area contributed by atoms with Crippen molar-refractivity contribution in [3.8, 4) is 11.5 Å². The molecule has 0 aliphatic rings. The number of methoxy groups -OCH3 is 2. The molecular formula is C8H12Cl2O2. The van der Waals surface area contributed by atoms with Crippen molar-refractivity contribution in [3.63, 3.8) is 0 Å². The molecule has 0 radical (unpaired) electrons. The third-order valence-corrected chi connectivity index (χ3v) is 1.29. The molecule has 70 valence electrons. The number of hydrogen-bond donors (Lipinski definition) is 0. The summed E-state index contributed by atoms with van der Waals surface area (Å²) in [6, 6.07) is 7.53. The van der Waals surface area contributed by atoms with E-state index in [0.717, 1.165) is 11.5 Å². The molecule has 0 atom stereocenters. The smallest absolute Gasteiger partial charge is 0.160 e. The van der Waals surface area contributed by atoms with Gasteiger partial charge in [0, 0.05) is 0 Å². The Morgan fingerprint density at radius 1 is 0.833 bits per heavy atom. The molecule has 12 heavy (non-hydrogen) atoms. The summed E-state index contributed by atoms with van der Waals surface area (Å²) in [5.74, 6) is 1.54. The SMILES string of the molecule is COc1ccccc1OC.Cl.Cl. The fourth-order valence-electron chi connectivity index (χ4n) is 0.787. The fourth-order valence-corrected chi connectivity index (χ4v) is 0.787. The monoisotopic (exact) mass is 210 g/mol. The predicted octanol–water partition coefficient (Wildman–Crippen LogP) is 2.55. The van der Waals surface area contributed by atoms with E-state index in [9.17, 15) is 0 Å². The third-order valence-electron chi connectivity index (χ3n) is 1.29. The van der Waals surface area contributed by atoms with Gasteiger partial charge in [0.05, 0.1) is 14.2 Å². The van der Waals surface area contributed by atoms with Gasteiger partial charge in [-0.3, -0.25) is 0 Å². The highest BCUT2D eigenvalue weighted by Gasteiger charge is 1.97. The van der Waals surface area contributed by atoms with Crippen LogP contribution in [0.4, 0.5) is 0 Å². The van der Waals surface area contributed by atoms with Gasteiger partial charge in [0.25, 0.3) is 0 Å². The van der Waals surface area contributed by atoms with E-state index in [1.807, 2.05) is 24.3 Å². The summed E-state index contributed by atoms with van der Waals surface area (Å²) in [7, 11) is 3.25. The van der Waals surface area contributed by atoms with Gasteiger partial charge in [0.1, 0.15) is 0 Å². The molecular weight excluding hydrogens is 199 g/mol. The minimum absolute atomic E-state index is 0. The van der Waals surface area contributed by atoms with Gasteiger partial charge < -0.3 is 9.47 Å². The Morgan fingerprint density at radius 2 is 1.17 bits per heavy atom. The lowest BCUT2D eigenvalue weighted by molar-refractivity contribution is 0.355. The first-order valence-electron chi connectivity index (χ1n) is 3.05. The Kier molecular flexibility index (Phi) is 8.22. The number of benzene rings is 1. The van der Waals surface area contributed by atoms with E-state index in [0.29, 0.717) is 0 Å². The van der Waals surface area contributed by atoms with Crippen molar-refractivity contribution in [1.29, 1.82) is 0 Å². The molecule has 0 unspecified atom stereocenters. The molecule has 2 nitrogen and oxygen atoms in total. The molecule has 0 fully saturated rings. The van der Waals surface area contributed by atoms with Gasteiger partial charge in [-0.15, -0.1) is 24.8 Å². The molecule has 0 heterocycles. The Bertz CT molecular complexity index is 193. The van der Waals surface area contributed by atoms with Crippen LogP contribution in [-0.2, 0) is 0 Å². The molecule has 0 saturated heterocycles. The Morgan fingerprint density at radius 3 is 1.42 bits per heavy atom. The van der Waals surface area contributed by atoms with Crippen LogP contribution in [-0.4, -0.2) is 14.2 Å². The number of para-hydroxylation sites is 2. The molecule has 0 N–H and O–H groups in total. The average Bonchev–Trinajstić information content (AvgIpc) is 2.04. The van der Waals surface area contributed by atoms with E-state index in [2.05, 4.69) is 0 Å². The summed E-state index contributed by atoms with van der Waals surface area (Å²) in [5, 5.41) is 0. The predicted molar refractivity (Wildman–Crippen MR) is 54.0 cm³/mol. The highest BCUT2D eigenvalue weighted by atomic mass is 35.5. The molecule has 1 aromatic carbocycles. The van der Waals surface area contributed by atoms with Crippen LogP contribution in [0, 0.1) is 0 Å². The summed E-state index contributed by atoms with van der Waals surface area (Å²) in [6.45, 7) is 0. The molecule has 4 heteroatoms. The van der Waals surface area contributed by atoms with Crippen molar-refractivity contribution in [2.75, 3.05) is 14.2 Å². The average molecular weight is 211 g/mol. The molecule has 1 rings (SSSR count). The van der Waals surface area contributed by atoms with Crippen molar-refractivity contribution in [1.82, 2.24) is 0 Å². The van der Waals surface area contributed by atoms with E-state index in [-0.39, 0.29) is 24.8 Å². The summed E-state index contributed by atoms with van der Waals surface area (Å²) in [4.78, 5) is 0. The van der Waals surface area contributed by atoms with Crippen molar-refractivity contribution < 1.29 is 9.47 Å². The van der Waals surface area contributed by atoms with E-state index in [4.69, 9.17) is 9.47 Å². The standard InChI is InChI=1S/C8H10O2.2ClH/c1-9-7-5-3-4-6-8(7)10-2;;/h3-6H,1-2H3;2*1H. The Balaban J connectivity index is 0. The second-order valence-electron chi connectivity index (χ2n) is 1.85. The second kappa shape index (κ2) is 7.07. The Hall–Kier alpha value is -0.600. The first-order chi connectivity index (χ1) is 4.88. The number of hydrogen-bond acceptors (Lipinski definition) is 2. The molecule has 1 aromatic rings. The van der Waals surface area contributed by atoms with Crippen LogP contribution in [0.15, 0.2) is 24.3 Å². The fraction of sp³-hybridized carbons (Fsp3) is 0.250. The molecule has 0 saturated carbocycles. The lowest BCUT2D eigenvalue weighted by Crippen LogP contribution is -1.88. The van der Waals surface area contributed by atoms with Gasteiger partial charge in [0.15, 0.2) is 11.5 Å². The van der Waals surface area contributed by atoms with Gasteiger partial charge in [-0.2, -0.15) is 0 Å². The van der Waals surface area contributed by atoms with E-state index >= 15 is 0 Å². The van der Waals surface area contributed by atoms with Crippen molar-refractivity contribution in [2.45, 2.75) is 0 Å². The molecule has 0 bridgehead atoms. The molecule has 0 aliphatic heterocycles. The van der Waals surface area contributed by atoms with Crippen LogP contribution in [0.2, 0.25) is 0 Å². The summed E-state index contributed by atoms with van der Waals surface area (Å²) in [5.41, 5.74) is 0. The summed E-state index contributed by atoms with van der Waals surface area (Å²) in [6.07, 6.45) is 0. The Labute approximate surface area is 84.7 Å². The largest absolute Gasteiger partial charge is 0.493 e. The van der Waals surface area contributed by atoms with Gasteiger partial charge in [-0.1, -0.05) is 12.1 Å². The normalized spacial score (nSPS) is 7.50. The van der Waals surface area contributed by atoms with Crippen LogP contribution in [0.5, 0.6) is 11.5 Å². The van der Waals surface area contributed by atoms with Crippen molar-refractivity contribution in [2.24, 2.45) is 0 Å². The zero-order valence-electron chi connectivity index (χ0n) is 6.94. The molecule has 0 aromatic heterocycles. The van der Waals surface area contributed by atoms with Crippen LogP contribution < -0.4 is 9.47 Å². The number of ether oxygens (including phenoxy) is 2. The maximum Gasteiger partial charge on any atom is 0.160 e. The van der Waals surface area contributed by atoms with Gasteiger partial charge in [-0.25, -0.2) is 0 Å². The molecule has 0 spiro atoms. The third kappa shape index (κ3) is 3.20. The number of rotatable bonds is 2. The molecule has 0 aliphatic carbocycles. The topological polar surface area (TPSA) is 18.5 Å². The summed E-state index contributed by atoms with van der Waals surface area (Å²) < 4.78 is 10.0. The lowest BCUT2D eigenvalue weighted by atomic mass is 10.3. The molecule has 0 amide bonds. The van der Waals surface area contributed by atoms with Crippen LogP contribution >= 0.6 is 24.8 Å². The van der Waals surface area contributed by atoms with Crippen molar-refractivity contribution in [3.05, 3.63) is 24.3 Å². The van der Waals surface area contributed by atoms with Gasteiger partial charge >= 0.3 is 0 Å². The maximum absolute atomic E-state index is 5.01. The van der Waals surface area contributed by atoms with Crippen LogP contribution in [0.3, 0.4) is 0 Å². The quantitative estimate of drug-likeness (QED) is 0.748. The van der Waals surface area contributed by atoms with Crippen LogP contribution in [0.1, 0.15) is 0 Å². The zero-order chi connectivity index (χ0) is 7.40. The first kappa shape index (κ1) is 14.0. The summed E-state index contributed by atoms with van der Waals surface area (Å²) >= 11 is 0. The highest BCUT2D eigenvalue weighted by Crippen LogP contribution is 2.24. The number of halogens is 2. The van der Waals surface area contributed by atoms with E-state index in [1.54, 1.807) is 14.2 Å². The van der Waals surface area contributed by atoms with Crippen LogP contribution in [0.25, 0.3) is 0 Å². The minimum atomic E-state index is 0. The van der Waals surface area contributed by atoms with Gasteiger partial charge in [0.2, 0.25) is 0 Å². The van der Waals surface area contributed by atoms with E-state index in [1.165, 1.54) is 0 Å². The first-order valence-corrected chi connectivity index (χ1v) is 3.05. The maximum atomic E-state index is 5.01. The minimum Gasteiger partial charge on any atom is -0.493 e. The second-order valence-corrected chi connectivity index (χ2v) is 1.85. The zero-order valence-corrected chi connectivity index (χ0v) is 8.58. The lowest BCUT2D eigenvalue weighted by Gasteiger charge is -2.04. The van der Waals surface area contributed by atoms with Crippen molar-refractivity contribution >= 4 is 24.8 Å². The van der Waals surface area contributed by atoms with Gasteiger partial charge in [-0.05, 0) is 12.1 Å².